The number of amides is 1. The van der Waals surface area contributed by atoms with Crippen LogP contribution in [0.1, 0.15) is 27.4 Å². The van der Waals surface area contributed by atoms with Gasteiger partial charge in [0.15, 0.2) is 0 Å². The molecular formula is C16H20N2O3. The highest BCUT2D eigenvalue weighted by Gasteiger charge is 2.20. The molecule has 0 aliphatic heterocycles. The van der Waals surface area contributed by atoms with Crippen molar-refractivity contribution in [3.8, 4) is 5.75 Å². The summed E-state index contributed by atoms with van der Waals surface area (Å²) in [5.74, 6) is 1.29. The van der Waals surface area contributed by atoms with Crippen LogP contribution in [0.4, 0.5) is 0 Å². The summed E-state index contributed by atoms with van der Waals surface area (Å²) in [7, 11) is 1.75. The van der Waals surface area contributed by atoms with Crippen molar-refractivity contribution >= 4 is 5.91 Å². The van der Waals surface area contributed by atoms with Crippen LogP contribution in [-0.2, 0) is 0 Å². The summed E-state index contributed by atoms with van der Waals surface area (Å²) in [4.78, 5) is 13.9. The van der Waals surface area contributed by atoms with Crippen molar-refractivity contribution < 1.29 is 14.1 Å². The standard InChI is InChI=1S/C16H20N2O3/c1-11-7-5-6-8-14(11)20-10-9-18(4)16(19)15-12(2)17-21-13(15)3/h5-8H,9-10H2,1-4H3. The molecule has 0 atom stereocenters. The third-order valence-corrected chi connectivity index (χ3v) is 3.37. The van der Waals surface area contributed by atoms with Gasteiger partial charge >= 0.3 is 0 Å². The van der Waals surface area contributed by atoms with Gasteiger partial charge in [0.2, 0.25) is 0 Å². The van der Waals surface area contributed by atoms with Gasteiger partial charge < -0.3 is 14.2 Å². The summed E-state index contributed by atoms with van der Waals surface area (Å²) in [6.45, 7) is 6.44. The molecule has 1 aromatic carbocycles. The van der Waals surface area contributed by atoms with E-state index in [1.807, 2.05) is 31.2 Å². The molecule has 2 rings (SSSR count). The van der Waals surface area contributed by atoms with Crippen molar-refractivity contribution in [1.29, 1.82) is 0 Å². The van der Waals surface area contributed by atoms with Crippen LogP contribution in [0.3, 0.4) is 0 Å². The number of carbonyl (C=O) groups excluding carboxylic acids is 1. The summed E-state index contributed by atoms with van der Waals surface area (Å²) >= 11 is 0. The van der Waals surface area contributed by atoms with E-state index in [0.717, 1.165) is 11.3 Å². The van der Waals surface area contributed by atoms with E-state index in [0.29, 0.717) is 30.2 Å². The van der Waals surface area contributed by atoms with Crippen LogP contribution in [-0.4, -0.2) is 36.2 Å². The second kappa shape index (κ2) is 6.43. The van der Waals surface area contributed by atoms with Crippen LogP contribution >= 0.6 is 0 Å². The molecule has 21 heavy (non-hydrogen) atoms. The Morgan fingerprint density at radius 1 is 1.29 bits per heavy atom. The zero-order valence-corrected chi connectivity index (χ0v) is 12.8. The van der Waals surface area contributed by atoms with Crippen LogP contribution in [0.15, 0.2) is 28.8 Å². The van der Waals surface area contributed by atoms with Gasteiger partial charge in [-0.05, 0) is 32.4 Å². The highest BCUT2D eigenvalue weighted by Crippen LogP contribution is 2.17. The molecule has 0 aliphatic carbocycles. The molecule has 1 amide bonds. The highest BCUT2D eigenvalue weighted by atomic mass is 16.5. The third-order valence-electron chi connectivity index (χ3n) is 3.37. The minimum atomic E-state index is -0.0976. The van der Waals surface area contributed by atoms with Gasteiger partial charge in [-0.15, -0.1) is 0 Å². The lowest BCUT2D eigenvalue weighted by molar-refractivity contribution is 0.0771. The Bertz CT molecular complexity index is 615. The first-order chi connectivity index (χ1) is 10.0. The van der Waals surface area contributed by atoms with Crippen molar-refractivity contribution in [2.24, 2.45) is 0 Å². The number of benzene rings is 1. The van der Waals surface area contributed by atoms with Crippen LogP contribution in [0.2, 0.25) is 0 Å². The molecule has 0 saturated carbocycles. The average molecular weight is 288 g/mol. The van der Waals surface area contributed by atoms with Crippen molar-refractivity contribution in [3.63, 3.8) is 0 Å². The number of ether oxygens (including phenoxy) is 1. The van der Waals surface area contributed by atoms with Crippen molar-refractivity contribution in [3.05, 3.63) is 46.8 Å². The van der Waals surface area contributed by atoms with Gasteiger partial charge in [-0.3, -0.25) is 4.79 Å². The summed E-state index contributed by atoms with van der Waals surface area (Å²) in [5.41, 5.74) is 2.23. The molecule has 0 saturated heterocycles. The molecular weight excluding hydrogens is 268 g/mol. The number of rotatable bonds is 5. The molecule has 1 heterocycles. The lowest BCUT2D eigenvalue weighted by atomic mass is 10.2. The summed E-state index contributed by atoms with van der Waals surface area (Å²) in [6, 6.07) is 7.82. The third kappa shape index (κ3) is 3.42. The average Bonchev–Trinajstić information content (AvgIpc) is 2.79. The maximum absolute atomic E-state index is 12.3. The summed E-state index contributed by atoms with van der Waals surface area (Å²) in [5, 5.41) is 3.81. The first-order valence-electron chi connectivity index (χ1n) is 6.87. The molecule has 112 valence electrons. The van der Waals surface area contributed by atoms with Crippen molar-refractivity contribution in [2.75, 3.05) is 20.2 Å². The molecule has 0 aliphatic rings. The number of para-hydroxylation sites is 1. The minimum absolute atomic E-state index is 0.0976. The Morgan fingerprint density at radius 3 is 2.62 bits per heavy atom. The highest BCUT2D eigenvalue weighted by molar-refractivity contribution is 5.95. The summed E-state index contributed by atoms with van der Waals surface area (Å²) < 4.78 is 10.7. The topological polar surface area (TPSA) is 55.6 Å². The molecule has 5 heteroatoms. The van der Waals surface area contributed by atoms with Crippen LogP contribution in [0.5, 0.6) is 5.75 Å². The minimum Gasteiger partial charge on any atom is -0.491 e. The molecule has 2 aromatic rings. The number of aromatic nitrogens is 1. The van der Waals surface area contributed by atoms with Crippen LogP contribution in [0.25, 0.3) is 0 Å². The van der Waals surface area contributed by atoms with E-state index in [2.05, 4.69) is 5.16 Å². The molecule has 0 spiro atoms. The smallest absolute Gasteiger partial charge is 0.259 e. The predicted molar refractivity (Wildman–Crippen MR) is 79.6 cm³/mol. The van der Waals surface area contributed by atoms with Crippen molar-refractivity contribution in [2.45, 2.75) is 20.8 Å². The van der Waals surface area contributed by atoms with Crippen LogP contribution in [0, 0.1) is 20.8 Å². The Morgan fingerprint density at radius 2 is 2.00 bits per heavy atom. The number of likely N-dealkylation sites (N-methyl/N-ethyl adjacent to an activating group) is 1. The Hall–Kier alpha value is -2.30. The van der Waals surface area contributed by atoms with Crippen LogP contribution < -0.4 is 4.74 Å². The van der Waals surface area contributed by atoms with Gasteiger partial charge in [-0.2, -0.15) is 0 Å². The van der Waals surface area contributed by atoms with E-state index in [9.17, 15) is 4.79 Å². The van der Waals surface area contributed by atoms with Crippen molar-refractivity contribution in [1.82, 2.24) is 10.1 Å². The van der Waals surface area contributed by atoms with E-state index < -0.39 is 0 Å². The molecule has 0 N–H and O–H groups in total. The van der Waals surface area contributed by atoms with Gasteiger partial charge in [-0.1, -0.05) is 23.4 Å². The zero-order valence-electron chi connectivity index (χ0n) is 12.8. The quantitative estimate of drug-likeness (QED) is 0.849. The lowest BCUT2D eigenvalue weighted by Crippen LogP contribution is -2.31. The first kappa shape index (κ1) is 15.1. The van der Waals surface area contributed by atoms with E-state index >= 15 is 0 Å². The second-order valence-corrected chi connectivity index (χ2v) is 5.04. The number of hydrogen-bond donors (Lipinski definition) is 0. The van der Waals surface area contributed by atoms with E-state index in [-0.39, 0.29) is 5.91 Å². The Labute approximate surface area is 124 Å². The number of hydrogen-bond acceptors (Lipinski definition) is 4. The first-order valence-corrected chi connectivity index (χ1v) is 6.87. The van der Waals surface area contributed by atoms with Gasteiger partial charge in [0.1, 0.15) is 23.7 Å². The van der Waals surface area contributed by atoms with Gasteiger partial charge in [0, 0.05) is 7.05 Å². The largest absolute Gasteiger partial charge is 0.491 e. The normalized spacial score (nSPS) is 10.5. The fourth-order valence-electron chi connectivity index (χ4n) is 2.09. The van der Waals surface area contributed by atoms with E-state index in [4.69, 9.17) is 9.26 Å². The molecule has 0 radical (unpaired) electrons. The lowest BCUT2D eigenvalue weighted by Gasteiger charge is -2.17. The second-order valence-electron chi connectivity index (χ2n) is 5.04. The Kier molecular flexibility index (Phi) is 4.62. The van der Waals surface area contributed by atoms with Gasteiger partial charge in [-0.25, -0.2) is 0 Å². The fraction of sp³-hybridized carbons (Fsp3) is 0.375. The molecule has 0 fully saturated rings. The fourth-order valence-corrected chi connectivity index (χ4v) is 2.09. The zero-order chi connectivity index (χ0) is 15.4. The van der Waals surface area contributed by atoms with Gasteiger partial charge in [0.05, 0.1) is 12.2 Å². The molecule has 1 aromatic heterocycles. The molecule has 0 unspecified atom stereocenters. The van der Waals surface area contributed by atoms with E-state index in [1.165, 1.54) is 0 Å². The number of nitrogens with zero attached hydrogens (tertiary/aromatic N) is 2. The SMILES string of the molecule is Cc1ccccc1OCCN(C)C(=O)c1c(C)noc1C. The number of aryl methyl sites for hydroxylation is 3. The molecule has 5 nitrogen and oxygen atoms in total. The Balaban J connectivity index is 1.92. The number of carbonyl (C=O) groups is 1. The van der Waals surface area contributed by atoms with Gasteiger partial charge in [0.25, 0.3) is 5.91 Å². The molecule has 0 bridgehead atoms. The maximum Gasteiger partial charge on any atom is 0.259 e. The summed E-state index contributed by atoms with van der Waals surface area (Å²) in [6.07, 6.45) is 0. The maximum atomic E-state index is 12.3. The predicted octanol–water partition coefficient (Wildman–Crippen LogP) is 2.75. The van der Waals surface area contributed by atoms with E-state index in [1.54, 1.807) is 25.8 Å². The monoisotopic (exact) mass is 288 g/mol.